The van der Waals surface area contributed by atoms with E-state index in [-0.39, 0.29) is 29.5 Å². The van der Waals surface area contributed by atoms with Crippen molar-refractivity contribution in [2.45, 2.75) is 97.8 Å². The molecule has 9 rings (SSSR count). The third-order valence-corrected chi connectivity index (χ3v) is 14.4. The number of benzene rings is 2. The zero-order valence-corrected chi connectivity index (χ0v) is 36.1. The van der Waals surface area contributed by atoms with E-state index in [2.05, 4.69) is 92.0 Å². The van der Waals surface area contributed by atoms with Gasteiger partial charge in [-0.3, -0.25) is 14.4 Å². The summed E-state index contributed by atoms with van der Waals surface area (Å²) in [4.78, 5) is 24.6. The lowest BCUT2D eigenvalue weighted by Gasteiger charge is -2.41. The molecule has 1 aliphatic carbocycles. The molecule has 1 atom stereocenters. The molecule has 13 nitrogen and oxygen atoms in total. The Morgan fingerprint density at radius 2 is 1.68 bits per heavy atom. The zero-order chi connectivity index (χ0) is 41.7. The van der Waals surface area contributed by atoms with Crippen LogP contribution in [0, 0.1) is 44.4 Å². The van der Waals surface area contributed by atoms with Crippen LogP contribution in [0.2, 0.25) is 0 Å². The fraction of sp³-hybridized carbons (Fsp3) is 0.457. The van der Waals surface area contributed by atoms with E-state index >= 15 is 0 Å². The molecule has 0 radical (unpaired) electrons. The number of carbonyl (C=O) groups excluding carboxylic acids is 1. The molecule has 14 heteroatoms. The van der Waals surface area contributed by atoms with Crippen LogP contribution in [0.15, 0.2) is 53.5 Å². The molecule has 3 fully saturated rings. The van der Waals surface area contributed by atoms with Gasteiger partial charge in [-0.15, -0.1) is 31.7 Å². The Hall–Kier alpha value is -5.81. The van der Waals surface area contributed by atoms with Crippen molar-refractivity contribution in [3.05, 3.63) is 98.6 Å². The van der Waals surface area contributed by atoms with E-state index in [1.165, 1.54) is 27.3 Å². The van der Waals surface area contributed by atoms with Crippen molar-refractivity contribution in [3.63, 3.8) is 0 Å². The minimum absolute atomic E-state index is 0.0401. The molecule has 3 aromatic heterocycles. The zero-order valence-electron chi connectivity index (χ0n) is 35.3. The summed E-state index contributed by atoms with van der Waals surface area (Å²) in [6, 6.07) is 18.0. The number of rotatable bonds is 8. The first kappa shape index (κ1) is 39.6. The smallest absolute Gasteiger partial charge is 0.272 e. The molecule has 1 spiro atoms. The number of carbonyl (C=O) groups is 1. The molecule has 3 aliphatic heterocycles. The highest BCUT2D eigenvalue weighted by Crippen LogP contribution is 2.44. The molecule has 5 aromatic rings. The van der Waals surface area contributed by atoms with Gasteiger partial charge in [-0.1, -0.05) is 6.07 Å². The Balaban J connectivity index is 0.783. The number of aromatic nitrogens is 5. The van der Waals surface area contributed by atoms with Gasteiger partial charge >= 0.3 is 0 Å². The second-order valence-electron chi connectivity index (χ2n) is 17.0. The van der Waals surface area contributed by atoms with Gasteiger partial charge in [0.15, 0.2) is 17.3 Å². The number of nitrogens with one attached hydrogen (secondary N) is 1. The summed E-state index contributed by atoms with van der Waals surface area (Å²) in [6.07, 6.45) is 6.65. The van der Waals surface area contributed by atoms with Crippen molar-refractivity contribution in [1.29, 1.82) is 5.26 Å². The van der Waals surface area contributed by atoms with Gasteiger partial charge in [0.2, 0.25) is 0 Å². The molecule has 1 saturated carbocycles. The summed E-state index contributed by atoms with van der Waals surface area (Å²) in [6.45, 7) is 14.7. The molecule has 2 aromatic carbocycles. The van der Waals surface area contributed by atoms with E-state index in [0.29, 0.717) is 22.8 Å². The first-order valence-electron chi connectivity index (χ1n) is 21.1. The van der Waals surface area contributed by atoms with E-state index in [9.17, 15) is 10.1 Å². The van der Waals surface area contributed by atoms with E-state index in [0.717, 1.165) is 105 Å². The molecule has 0 unspecified atom stereocenters. The largest absolute Gasteiger partial charge is 0.495 e. The number of fused-ring (bicyclic) bond motifs is 3. The van der Waals surface area contributed by atoms with Crippen molar-refractivity contribution < 1.29 is 14.3 Å². The highest BCUT2D eigenvalue weighted by atomic mass is 32.1. The highest BCUT2D eigenvalue weighted by Gasteiger charge is 2.41. The van der Waals surface area contributed by atoms with Crippen LogP contribution in [0.4, 0.5) is 11.5 Å². The Labute approximate surface area is 355 Å². The molecule has 4 aliphatic rings. The molecule has 310 valence electrons. The van der Waals surface area contributed by atoms with Crippen LogP contribution >= 0.6 is 11.3 Å². The minimum Gasteiger partial charge on any atom is -0.495 e. The highest BCUT2D eigenvalue weighted by molar-refractivity contribution is 7.15. The minimum atomic E-state index is -0.192. The SMILES string of the molecule is COc1cc(OC2CCC(NC(=O)c3ccc(N4CCC5(CCN(c6ccc(C7=N[C@@H](C)c8nnc(C)n8-c8sc(C)c(C)c87)cc6C)CC5)C4)nn3)CC2)ccc1C#N. The topological polar surface area (TPSA) is 147 Å². The number of hydrogen-bond donors (Lipinski definition) is 1. The standard InChI is InChI=1S/C46H52N10O3S/c1-27-23-32(42-41-28(2)30(4)60-45(41)56-31(5)50-53-43(56)29(3)48-42)8-15-38(27)54-20-17-46(18-21-54)19-22-55(26-46)40-16-14-37(51-52-40)44(57)49-34-9-12-35(13-10-34)59-36-11-7-33(25-47)39(24-36)58-6/h7-8,11,14-16,23-24,29,34-35H,9-10,12-13,17-22,26H2,1-6H3,(H,49,57)/t29-,34?,35?/m0/s1. The van der Waals surface area contributed by atoms with Crippen LogP contribution in [-0.2, 0) is 0 Å². The number of anilines is 2. The first-order valence-corrected chi connectivity index (χ1v) is 22.0. The van der Waals surface area contributed by atoms with Crippen LogP contribution < -0.4 is 24.6 Å². The Morgan fingerprint density at radius 3 is 2.38 bits per heavy atom. The maximum Gasteiger partial charge on any atom is 0.272 e. The van der Waals surface area contributed by atoms with Crippen molar-refractivity contribution in [3.8, 4) is 22.6 Å². The van der Waals surface area contributed by atoms with Gasteiger partial charge in [0.05, 0.1) is 24.5 Å². The fourth-order valence-electron chi connectivity index (χ4n) is 9.63. The fourth-order valence-corrected chi connectivity index (χ4v) is 10.8. The third kappa shape index (κ3) is 7.37. The predicted octanol–water partition coefficient (Wildman–Crippen LogP) is 7.76. The second kappa shape index (κ2) is 16.0. The average Bonchev–Trinajstić information content (AvgIpc) is 3.92. The van der Waals surface area contributed by atoms with Crippen molar-refractivity contribution in [1.82, 2.24) is 30.3 Å². The second-order valence-corrected chi connectivity index (χ2v) is 18.2. The molecule has 0 bridgehead atoms. The van der Waals surface area contributed by atoms with Crippen LogP contribution in [0.25, 0.3) is 5.00 Å². The maximum atomic E-state index is 13.2. The first-order chi connectivity index (χ1) is 29.0. The lowest BCUT2D eigenvalue weighted by Crippen LogP contribution is -2.42. The summed E-state index contributed by atoms with van der Waals surface area (Å²) < 4.78 is 13.7. The Bertz CT molecular complexity index is 2500. The van der Waals surface area contributed by atoms with E-state index in [1.54, 1.807) is 42.7 Å². The summed E-state index contributed by atoms with van der Waals surface area (Å²) in [5.41, 5.74) is 8.25. The molecular formula is C46H52N10O3S. The lowest BCUT2D eigenvalue weighted by atomic mass is 9.77. The van der Waals surface area contributed by atoms with Crippen molar-refractivity contribution >= 4 is 34.5 Å². The Morgan fingerprint density at radius 1 is 0.917 bits per heavy atom. The van der Waals surface area contributed by atoms with Crippen molar-refractivity contribution in [2.75, 3.05) is 43.1 Å². The number of nitriles is 1. The van der Waals surface area contributed by atoms with Gasteiger partial charge in [0, 0.05) is 60.0 Å². The van der Waals surface area contributed by atoms with Gasteiger partial charge in [0.25, 0.3) is 5.91 Å². The number of thiophene rings is 1. The summed E-state index contributed by atoms with van der Waals surface area (Å²) in [5, 5.41) is 31.4. The van der Waals surface area contributed by atoms with Crippen LogP contribution in [0.3, 0.4) is 0 Å². The quantitative estimate of drug-likeness (QED) is 0.165. The van der Waals surface area contributed by atoms with Crippen LogP contribution in [0.1, 0.15) is 113 Å². The van der Waals surface area contributed by atoms with Crippen LogP contribution in [0.5, 0.6) is 11.5 Å². The number of piperidine rings is 1. The molecule has 1 amide bonds. The molecule has 2 saturated heterocycles. The van der Waals surface area contributed by atoms with E-state index < -0.39 is 0 Å². The molecule has 60 heavy (non-hydrogen) atoms. The van der Waals surface area contributed by atoms with Gasteiger partial charge < -0.3 is 24.6 Å². The number of methoxy groups -OCH3 is 1. The number of ether oxygens (including phenoxy) is 2. The summed E-state index contributed by atoms with van der Waals surface area (Å²) in [7, 11) is 1.55. The maximum absolute atomic E-state index is 13.2. The van der Waals surface area contributed by atoms with E-state index in [1.807, 2.05) is 13.0 Å². The number of amides is 1. The van der Waals surface area contributed by atoms with Crippen molar-refractivity contribution in [2.24, 2.45) is 10.4 Å². The van der Waals surface area contributed by atoms with Crippen LogP contribution in [-0.4, -0.2) is 82.0 Å². The van der Waals surface area contributed by atoms with Gasteiger partial charge in [-0.25, -0.2) is 0 Å². The lowest BCUT2D eigenvalue weighted by molar-refractivity contribution is 0.0888. The molecular weight excluding hydrogens is 773 g/mol. The molecule has 6 heterocycles. The summed E-state index contributed by atoms with van der Waals surface area (Å²) in [5.74, 6) is 3.61. The number of aliphatic imine (C=N–C) groups is 1. The number of hydrogen-bond acceptors (Lipinski definition) is 12. The van der Waals surface area contributed by atoms with Gasteiger partial charge in [-0.05, 0) is 133 Å². The average molecular weight is 825 g/mol. The van der Waals surface area contributed by atoms with E-state index in [4.69, 9.17) is 14.5 Å². The number of nitrogens with zero attached hydrogens (tertiary/aromatic N) is 9. The summed E-state index contributed by atoms with van der Waals surface area (Å²) >= 11 is 1.79. The monoisotopic (exact) mass is 824 g/mol. The third-order valence-electron chi connectivity index (χ3n) is 13.2. The van der Waals surface area contributed by atoms with Gasteiger partial charge in [0.1, 0.15) is 34.4 Å². The predicted molar refractivity (Wildman–Crippen MR) is 233 cm³/mol. The number of aryl methyl sites for hydroxylation is 3. The Kier molecular flexibility index (Phi) is 10.6. The van der Waals surface area contributed by atoms with Gasteiger partial charge in [-0.2, -0.15) is 5.26 Å². The molecule has 1 N–H and O–H groups in total. The normalized spacial score (nSPS) is 20.8.